The van der Waals surface area contributed by atoms with Gasteiger partial charge in [-0.2, -0.15) is 0 Å². The molecule has 0 fully saturated rings. The van der Waals surface area contributed by atoms with Crippen molar-refractivity contribution >= 4 is 43.9 Å². The van der Waals surface area contributed by atoms with Gasteiger partial charge in [0.05, 0.1) is 11.4 Å². The van der Waals surface area contributed by atoms with Crippen molar-refractivity contribution in [3.05, 3.63) is 188 Å². The smallest absolute Gasteiger partial charge is 0.160 e. The average molecular weight is 718 g/mol. The van der Waals surface area contributed by atoms with Crippen molar-refractivity contribution in [3.63, 3.8) is 0 Å². The summed E-state index contributed by atoms with van der Waals surface area (Å²) in [5, 5.41) is 4.37. The van der Waals surface area contributed by atoms with Gasteiger partial charge in [0.2, 0.25) is 0 Å². The third-order valence-electron chi connectivity index (χ3n) is 10.7. The predicted molar refractivity (Wildman–Crippen MR) is 227 cm³/mol. The van der Waals surface area contributed by atoms with Crippen molar-refractivity contribution in [1.29, 1.82) is 0 Å². The highest BCUT2D eigenvalue weighted by Crippen LogP contribution is 2.43. The molecule has 0 bridgehead atoms. The molecule has 0 atom stereocenters. The predicted octanol–water partition coefficient (Wildman–Crippen LogP) is 13.7. The van der Waals surface area contributed by atoms with Crippen LogP contribution in [0.25, 0.3) is 111 Å². The van der Waals surface area contributed by atoms with E-state index in [1.54, 1.807) is 0 Å². The van der Waals surface area contributed by atoms with E-state index in [4.69, 9.17) is 18.8 Å². The summed E-state index contributed by atoms with van der Waals surface area (Å²) >= 11 is 0. The number of hydrogen-bond acceptors (Lipinski definition) is 5. The van der Waals surface area contributed by atoms with Gasteiger partial charge in [0.15, 0.2) is 5.82 Å². The zero-order valence-corrected chi connectivity index (χ0v) is 30.1. The van der Waals surface area contributed by atoms with Crippen LogP contribution in [0.1, 0.15) is 0 Å². The van der Waals surface area contributed by atoms with Crippen LogP contribution in [-0.4, -0.2) is 15.0 Å². The van der Waals surface area contributed by atoms with Gasteiger partial charge in [-0.3, -0.25) is 4.98 Å². The topological polar surface area (TPSA) is 65.0 Å². The van der Waals surface area contributed by atoms with E-state index in [9.17, 15) is 0 Å². The molecule has 11 aromatic rings. The van der Waals surface area contributed by atoms with Crippen LogP contribution in [-0.2, 0) is 0 Å². The summed E-state index contributed by atoms with van der Waals surface area (Å²) in [5.41, 5.74) is 14.8. The lowest BCUT2D eigenvalue weighted by Crippen LogP contribution is -1.96. The Labute approximate surface area is 322 Å². The van der Waals surface area contributed by atoms with Crippen LogP contribution >= 0.6 is 0 Å². The first-order valence-electron chi connectivity index (χ1n) is 18.7. The summed E-state index contributed by atoms with van der Waals surface area (Å²) in [6.07, 6.45) is 3.62. The normalized spacial score (nSPS) is 11.6. The van der Waals surface area contributed by atoms with Crippen molar-refractivity contribution in [2.45, 2.75) is 0 Å². The molecule has 0 radical (unpaired) electrons. The second-order valence-electron chi connectivity index (χ2n) is 14.0. The van der Waals surface area contributed by atoms with Gasteiger partial charge < -0.3 is 8.83 Å². The summed E-state index contributed by atoms with van der Waals surface area (Å²) < 4.78 is 12.8. The number of rotatable bonds is 6. The standard InChI is InChI=1S/C51H31N3O2/c1-2-8-35(9-3-1)44-31-45(54-51(53-44)37-20-14-32(15-21-37)33-26-28-52-29-27-33)36-18-16-34(17-19-36)39-23-24-40(50-49(39)42-11-5-7-13-47(42)56-50)38-22-25-48-43(30-38)41-10-4-6-12-46(41)55-48/h1-31H. The number of fused-ring (bicyclic) bond motifs is 6. The molecular weight excluding hydrogens is 687 g/mol. The first-order chi connectivity index (χ1) is 27.7. The lowest BCUT2D eigenvalue weighted by atomic mass is 9.93. The molecule has 5 nitrogen and oxygen atoms in total. The lowest BCUT2D eigenvalue weighted by molar-refractivity contribution is 0.668. The minimum atomic E-state index is 0.676. The van der Waals surface area contributed by atoms with Gasteiger partial charge in [0, 0.05) is 56.2 Å². The van der Waals surface area contributed by atoms with Crippen molar-refractivity contribution in [2.75, 3.05) is 0 Å². The molecular formula is C51H31N3O2. The Morgan fingerprint density at radius 3 is 1.66 bits per heavy atom. The van der Waals surface area contributed by atoms with E-state index in [2.05, 4.69) is 126 Å². The van der Waals surface area contributed by atoms with Crippen molar-refractivity contribution in [3.8, 4) is 67.3 Å². The number of benzene rings is 7. The maximum atomic E-state index is 6.67. The van der Waals surface area contributed by atoms with E-state index in [1.807, 2.05) is 67.0 Å². The second kappa shape index (κ2) is 13.0. The van der Waals surface area contributed by atoms with Crippen LogP contribution in [0.3, 0.4) is 0 Å². The van der Waals surface area contributed by atoms with E-state index < -0.39 is 0 Å². The van der Waals surface area contributed by atoms with Crippen LogP contribution in [0.4, 0.5) is 0 Å². The summed E-state index contributed by atoms with van der Waals surface area (Å²) in [4.78, 5) is 14.3. The number of furan rings is 2. The van der Waals surface area contributed by atoms with Crippen molar-refractivity contribution in [2.24, 2.45) is 0 Å². The van der Waals surface area contributed by atoms with Gasteiger partial charge in [-0.1, -0.05) is 127 Å². The fourth-order valence-corrected chi connectivity index (χ4v) is 7.85. The maximum Gasteiger partial charge on any atom is 0.160 e. The van der Waals surface area contributed by atoms with Gasteiger partial charge in [-0.25, -0.2) is 9.97 Å². The Hall–Kier alpha value is -7.63. The number of pyridine rings is 1. The fraction of sp³-hybridized carbons (Fsp3) is 0. The van der Waals surface area contributed by atoms with E-state index in [-0.39, 0.29) is 0 Å². The molecule has 56 heavy (non-hydrogen) atoms. The van der Waals surface area contributed by atoms with E-state index >= 15 is 0 Å². The summed E-state index contributed by atoms with van der Waals surface area (Å²) in [6, 6.07) is 60.7. The minimum Gasteiger partial charge on any atom is -0.456 e. The molecule has 0 amide bonds. The highest BCUT2D eigenvalue weighted by molar-refractivity contribution is 6.17. The van der Waals surface area contributed by atoms with Crippen LogP contribution in [0.5, 0.6) is 0 Å². The molecule has 0 aliphatic heterocycles. The molecule has 0 N–H and O–H groups in total. The number of para-hydroxylation sites is 2. The van der Waals surface area contributed by atoms with Crippen LogP contribution in [0.2, 0.25) is 0 Å². The van der Waals surface area contributed by atoms with E-state index in [0.29, 0.717) is 5.82 Å². The Morgan fingerprint density at radius 1 is 0.339 bits per heavy atom. The zero-order chi connectivity index (χ0) is 37.0. The molecule has 11 rings (SSSR count). The van der Waals surface area contributed by atoms with Gasteiger partial charge in [0.25, 0.3) is 0 Å². The van der Waals surface area contributed by atoms with Gasteiger partial charge >= 0.3 is 0 Å². The lowest BCUT2D eigenvalue weighted by Gasteiger charge is -2.11. The molecule has 0 saturated heterocycles. The monoisotopic (exact) mass is 717 g/mol. The third kappa shape index (κ3) is 5.45. The average Bonchev–Trinajstić information content (AvgIpc) is 3.85. The quantitative estimate of drug-likeness (QED) is 0.171. The number of aromatic nitrogens is 3. The third-order valence-corrected chi connectivity index (χ3v) is 10.7. The first-order valence-corrected chi connectivity index (χ1v) is 18.7. The first kappa shape index (κ1) is 31.9. The molecule has 5 heteroatoms. The number of nitrogens with zero attached hydrogens (tertiary/aromatic N) is 3. The van der Waals surface area contributed by atoms with Gasteiger partial charge in [-0.05, 0) is 76.3 Å². The molecule has 0 aliphatic carbocycles. The molecule has 0 spiro atoms. The Bertz CT molecular complexity index is 3220. The van der Waals surface area contributed by atoms with Crippen LogP contribution in [0, 0.1) is 0 Å². The SMILES string of the molecule is c1ccc(-c2cc(-c3ccc(-c4ccc(-c5ccc6oc7ccccc7c6c5)c5oc6ccccc6c45)cc3)nc(-c3ccc(-c4ccncc4)cc3)n2)cc1. The highest BCUT2D eigenvalue weighted by atomic mass is 16.3. The molecule has 4 aromatic heterocycles. The largest absolute Gasteiger partial charge is 0.456 e. The summed E-state index contributed by atoms with van der Waals surface area (Å²) in [5.74, 6) is 0.676. The van der Waals surface area contributed by atoms with Crippen LogP contribution < -0.4 is 0 Å². The molecule has 0 saturated carbocycles. The summed E-state index contributed by atoms with van der Waals surface area (Å²) in [6.45, 7) is 0. The summed E-state index contributed by atoms with van der Waals surface area (Å²) in [7, 11) is 0. The van der Waals surface area contributed by atoms with Crippen molar-refractivity contribution in [1.82, 2.24) is 15.0 Å². The van der Waals surface area contributed by atoms with Gasteiger partial charge in [-0.15, -0.1) is 0 Å². The highest BCUT2D eigenvalue weighted by Gasteiger charge is 2.19. The van der Waals surface area contributed by atoms with E-state index in [1.165, 1.54) is 0 Å². The molecule has 262 valence electrons. The molecule has 4 heterocycles. The second-order valence-corrected chi connectivity index (χ2v) is 14.0. The number of hydrogen-bond donors (Lipinski definition) is 0. The fourth-order valence-electron chi connectivity index (χ4n) is 7.85. The van der Waals surface area contributed by atoms with Crippen LogP contribution in [0.15, 0.2) is 197 Å². The zero-order valence-electron chi connectivity index (χ0n) is 30.1. The Morgan fingerprint density at radius 2 is 0.893 bits per heavy atom. The molecule has 0 unspecified atom stereocenters. The molecule has 7 aromatic carbocycles. The van der Waals surface area contributed by atoms with E-state index in [0.717, 1.165) is 105 Å². The van der Waals surface area contributed by atoms with Gasteiger partial charge in [0.1, 0.15) is 22.3 Å². The molecule has 0 aliphatic rings. The Kier molecular flexibility index (Phi) is 7.42. The minimum absolute atomic E-state index is 0.676. The van der Waals surface area contributed by atoms with Crippen molar-refractivity contribution < 1.29 is 8.83 Å². The maximum absolute atomic E-state index is 6.67. The Balaban J connectivity index is 1.01.